The fraction of sp³-hybridized carbons (Fsp3) is 0.941. The second-order valence-electron chi connectivity index (χ2n) is 7.78. The molecule has 0 aromatic rings. The first kappa shape index (κ1) is 18.8. The number of amides is 2. The lowest BCUT2D eigenvalue weighted by Crippen LogP contribution is -2.51. The summed E-state index contributed by atoms with van der Waals surface area (Å²) in [6.45, 7) is 2.36. The van der Waals surface area contributed by atoms with Crippen molar-refractivity contribution in [3.05, 3.63) is 0 Å². The minimum atomic E-state index is -4.14. The third-order valence-electron chi connectivity index (χ3n) is 5.90. The Balaban J connectivity index is 1.45. The summed E-state index contributed by atoms with van der Waals surface area (Å²) in [6, 6.07) is 0.678. The highest BCUT2D eigenvalue weighted by Gasteiger charge is 2.39. The zero-order chi connectivity index (χ0) is 18.0. The average molecular weight is 362 g/mol. The van der Waals surface area contributed by atoms with Gasteiger partial charge in [-0.3, -0.25) is 4.90 Å². The summed E-state index contributed by atoms with van der Waals surface area (Å²) in [5, 5.41) is 2.98. The smallest absolute Gasteiger partial charge is 0.338 e. The molecule has 3 unspecified atom stereocenters. The summed E-state index contributed by atoms with van der Waals surface area (Å²) in [6.07, 6.45) is 0.972. The molecule has 3 rings (SSSR count). The molecule has 3 aliphatic heterocycles. The van der Waals surface area contributed by atoms with Gasteiger partial charge in [0.2, 0.25) is 0 Å². The van der Waals surface area contributed by atoms with E-state index in [1.165, 1.54) is 11.3 Å². The van der Waals surface area contributed by atoms with E-state index in [1.54, 1.807) is 0 Å². The van der Waals surface area contributed by atoms with Gasteiger partial charge in [-0.1, -0.05) is 0 Å². The van der Waals surface area contributed by atoms with Gasteiger partial charge in [-0.05, 0) is 58.2 Å². The van der Waals surface area contributed by atoms with E-state index >= 15 is 0 Å². The number of hydrogen-bond acceptors (Lipinski definition) is 3. The van der Waals surface area contributed by atoms with Crippen molar-refractivity contribution in [2.45, 2.75) is 50.4 Å². The van der Waals surface area contributed by atoms with Gasteiger partial charge in [-0.2, -0.15) is 13.2 Å². The number of hydrogen-bond donors (Lipinski definition) is 1. The second kappa shape index (κ2) is 7.70. The molecule has 2 amide bonds. The summed E-state index contributed by atoms with van der Waals surface area (Å²) in [5.41, 5.74) is 0. The summed E-state index contributed by atoms with van der Waals surface area (Å²) < 4.78 is 37.4. The molecule has 0 spiro atoms. The lowest BCUT2D eigenvalue weighted by atomic mass is 10.0. The molecule has 0 saturated carbocycles. The van der Waals surface area contributed by atoms with E-state index < -0.39 is 12.7 Å². The van der Waals surface area contributed by atoms with Crippen LogP contribution in [0.1, 0.15) is 32.1 Å². The number of alkyl halides is 3. The number of urea groups is 1. The molecule has 3 heterocycles. The van der Waals surface area contributed by atoms with Crippen LogP contribution in [0.2, 0.25) is 0 Å². The van der Waals surface area contributed by atoms with Crippen molar-refractivity contribution in [1.82, 2.24) is 20.0 Å². The number of rotatable bonds is 4. The Kier molecular flexibility index (Phi) is 5.78. The maximum atomic E-state index is 12.6. The van der Waals surface area contributed by atoms with E-state index in [0.717, 1.165) is 32.4 Å². The van der Waals surface area contributed by atoms with Gasteiger partial charge in [0.05, 0.1) is 6.54 Å². The molecule has 3 aliphatic rings. The zero-order valence-electron chi connectivity index (χ0n) is 14.9. The number of nitrogens with one attached hydrogen (secondary N) is 1. The van der Waals surface area contributed by atoms with Crippen LogP contribution in [0.3, 0.4) is 0 Å². The van der Waals surface area contributed by atoms with Gasteiger partial charge in [-0.25, -0.2) is 4.79 Å². The molecular formula is C17H29F3N4O. The predicted octanol–water partition coefficient (Wildman–Crippen LogP) is 2.14. The third-order valence-corrected chi connectivity index (χ3v) is 5.90. The number of nitrogens with zero attached hydrogens (tertiary/aromatic N) is 3. The summed E-state index contributed by atoms with van der Waals surface area (Å²) in [5.74, 6) is 0.113. The minimum absolute atomic E-state index is 0.0444. The largest absolute Gasteiger partial charge is 0.401 e. The molecule has 3 fully saturated rings. The van der Waals surface area contributed by atoms with Crippen molar-refractivity contribution >= 4 is 6.03 Å². The molecule has 0 aliphatic carbocycles. The molecule has 5 nitrogen and oxygen atoms in total. The van der Waals surface area contributed by atoms with Gasteiger partial charge >= 0.3 is 12.2 Å². The first-order valence-electron chi connectivity index (χ1n) is 9.37. The Hall–Kier alpha value is -1.02. The standard InChI is InChI=1S/C17H29F3N4O/c1-22-7-2-4-14(22)15-5-3-8-24(15)16(25)21-10-13-6-9-23(11-13)12-17(18,19)20/h13-15H,2-12H2,1H3,(H,21,25). The van der Waals surface area contributed by atoms with E-state index in [9.17, 15) is 18.0 Å². The van der Waals surface area contributed by atoms with E-state index in [-0.39, 0.29) is 18.0 Å². The monoisotopic (exact) mass is 362 g/mol. The van der Waals surface area contributed by atoms with Crippen LogP contribution in [-0.4, -0.2) is 85.3 Å². The van der Waals surface area contributed by atoms with Crippen molar-refractivity contribution in [2.75, 3.05) is 46.3 Å². The van der Waals surface area contributed by atoms with Crippen LogP contribution < -0.4 is 5.32 Å². The predicted molar refractivity (Wildman–Crippen MR) is 89.4 cm³/mol. The number of likely N-dealkylation sites (N-methyl/N-ethyl adjacent to an activating group) is 1. The van der Waals surface area contributed by atoms with Gasteiger partial charge in [-0.15, -0.1) is 0 Å². The molecule has 0 aromatic carbocycles. The van der Waals surface area contributed by atoms with E-state index in [4.69, 9.17) is 0 Å². The number of halogens is 3. The van der Waals surface area contributed by atoms with Crippen LogP contribution in [-0.2, 0) is 0 Å². The minimum Gasteiger partial charge on any atom is -0.338 e. The molecule has 0 aromatic heterocycles. The topological polar surface area (TPSA) is 38.8 Å². The lowest BCUT2D eigenvalue weighted by molar-refractivity contribution is -0.143. The van der Waals surface area contributed by atoms with Crippen LogP contribution in [0.25, 0.3) is 0 Å². The first-order valence-corrected chi connectivity index (χ1v) is 9.37. The van der Waals surface area contributed by atoms with E-state index in [2.05, 4.69) is 17.3 Å². The summed E-state index contributed by atoms with van der Waals surface area (Å²) in [4.78, 5) is 18.3. The highest BCUT2D eigenvalue weighted by molar-refractivity contribution is 5.75. The van der Waals surface area contributed by atoms with Crippen molar-refractivity contribution in [3.63, 3.8) is 0 Å². The Bertz CT molecular complexity index is 473. The highest BCUT2D eigenvalue weighted by atomic mass is 19.4. The maximum absolute atomic E-state index is 12.6. The Labute approximate surface area is 147 Å². The SMILES string of the molecule is CN1CCCC1C1CCCN1C(=O)NCC1CCN(CC(F)(F)F)C1. The molecular weight excluding hydrogens is 333 g/mol. The number of carbonyl (C=O) groups is 1. The van der Waals surface area contributed by atoms with Crippen LogP contribution in [0, 0.1) is 5.92 Å². The van der Waals surface area contributed by atoms with E-state index in [0.29, 0.717) is 32.1 Å². The average Bonchev–Trinajstić information content (AvgIpc) is 3.23. The molecule has 0 bridgehead atoms. The fourth-order valence-electron chi connectivity index (χ4n) is 4.68. The Morgan fingerprint density at radius 1 is 1.08 bits per heavy atom. The quantitative estimate of drug-likeness (QED) is 0.833. The van der Waals surface area contributed by atoms with E-state index in [1.807, 2.05) is 4.90 Å². The van der Waals surface area contributed by atoms with Gasteiger partial charge in [0.15, 0.2) is 0 Å². The Morgan fingerprint density at radius 3 is 2.48 bits per heavy atom. The maximum Gasteiger partial charge on any atom is 0.401 e. The molecule has 0 radical (unpaired) electrons. The van der Waals surface area contributed by atoms with Gasteiger partial charge in [0.25, 0.3) is 0 Å². The van der Waals surface area contributed by atoms with Gasteiger partial charge < -0.3 is 15.1 Å². The molecule has 3 saturated heterocycles. The fourth-order valence-corrected chi connectivity index (χ4v) is 4.68. The highest BCUT2D eigenvalue weighted by Crippen LogP contribution is 2.29. The molecule has 1 N–H and O–H groups in total. The van der Waals surface area contributed by atoms with Gasteiger partial charge in [0, 0.05) is 31.7 Å². The van der Waals surface area contributed by atoms with Crippen LogP contribution in [0.4, 0.5) is 18.0 Å². The van der Waals surface area contributed by atoms with Crippen LogP contribution in [0.5, 0.6) is 0 Å². The first-order chi connectivity index (χ1) is 11.8. The van der Waals surface area contributed by atoms with Gasteiger partial charge in [0.1, 0.15) is 0 Å². The number of likely N-dealkylation sites (tertiary alicyclic amines) is 3. The lowest BCUT2D eigenvalue weighted by Gasteiger charge is -2.33. The normalized spacial score (nSPS) is 31.8. The van der Waals surface area contributed by atoms with Crippen molar-refractivity contribution in [1.29, 1.82) is 0 Å². The van der Waals surface area contributed by atoms with Crippen molar-refractivity contribution < 1.29 is 18.0 Å². The zero-order valence-corrected chi connectivity index (χ0v) is 14.9. The summed E-state index contributed by atoms with van der Waals surface area (Å²) in [7, 11) is 2.12. The van der Waals surface area contributed by atoms with Crippen molar-refractivity contribution in [2.24, 2.45) is 5.92 Å². The molecule has 25 heavy (non-hydrogen) atoms. The molecule has 3 atom stereocenters. The molecule has 8 heteroatoms. The number of carbonyl (C=O) groups excluding carboxylic acids is 1. The summed E-state index contributed by atoms with van der Waals surface area (Å²) >= 11 is 0. The van der Waals surface area contributed by atoms with Crippen molar-refractivity contribution in [3.8, 4) is 0 Å². The third kappa shape index (κ3) is 4.78. The Morgan fingerprint density at radius 2 is 1.80 bits per heavy atom. The molecule has 144 valence electrons. The van der Waals surface area contributed by atoms with Crippen LogP contribution >= 0.6 is 0 Å². The van der Waals surface area contributed by atoms with Crippen LogP contribution in [0.15, 0.2) is 0 Å². The second-order valence-corrected chi connectivity index (χ2v) is 7.78.